The van der Waals surface area contributed by atoms with Gasteiger partial charge in [-0.3, -0.25) is 4.79 Å². The van der Waals surface area contributed by atoms with Crippen molar-refractivity contribution < 1.29 is 18.3 Å². The summed E-state index contributed by atoms with van der Waals surface area (Å²) in [4.78, 5) is 15.0. The predicted molar refractivity (Wildman–Crippen MR) is 95.6 cm³/mol. The third-order valence-electron chi connectivity index (χ3n) is 4.68. The molecule has 1 aliphatic rings. The first-order valence-electron chi connectivity index (χ1n) is 8.77. The summed E-state index contributed by atoms with van der Waals surface area (Å²) in [5.74, 6) is -0.350. The van der Waals surface area contributed by atoms with E-state index in [1.165, 1.54) is 12.1 Å². The Morgan fingerprint density at radius 1 is 1.19 bits per heavy atom. The van der Waals surface area contributed by atoms with Crippen LogP contribution in [0, 0.1) is 5.82 Å². The summed E-state index contributed by atoms with van der Waals surface area (Å²) in [5, 5.41) is 0. The van der Waals surface area contributed by atoms with Gasteiger partial charge in [0.15, 0.2) is 5.58 Å². The monoisotopic (exact) mass is 356 g/mol. The summed E-state index contributed by atoms with van der Waals surface area (Å²) in [6, 6.07) is 10.0. The molecule has 0 saturated carbocycles. The molecule has 2 atom stereocenters. The summed E-state index contributed by atoms with van der Waals surface area (Å²) in [7, 11) is 0. The summed E-state index contributed by atoms with van der Waals surface area (Å²) in [5.41, 5.74) is 2.82. The average molecular weight is 356 g/mol. The predicted octanol–water partition coefficient (Wildman–Crippen LogP) is 3.67. The molecule has 1 aromatic carbocycles. The van der Waals surface area contributed by atoms with E-state index in [4.69, 9.17) is 9.15 Å². The highest BCUT2D eigenvalue weighted by Crippen LogP contribution is 2.25. The number of carbonyl (C=O) groups is 1. The highest BCUT2D eigenvalue weighted by molar-refractivity contribution is 5.97. The van der Waals surface area contributed by atoms with Crippen molar-refractivity contribution in [3.05, 3.63) is 59.7 Å². The SMILES string of the molecule is CC1CN(C(=O)c2cc3occc3n2Cc2cccc(F)c2)CC(C)O1. The van der Waals surface area contributed by atoms with Gasteiger partial charge in [-0.15, -0.1) is 0 Å². The molecule has 6 heteroatoms. The van der Waals surface area contributed by atoms with Crippen molar-refractivity contribution in [1.29, 1.82) is 0 Å². The molecule has 4 rings (SSSR count). The van der Waals surface area contributed by atoms with Gasteiger partial charge < -0.3 is 18.6 Å². The summed E-state index contributed by atoms with van der Waals surface area (Å²) >= 11 is 0. The quantitative estimate of drug-likeness (QED) is 0.719. The van der Waals surface area contributed by atoms with Gasteiger partial charge in [-0.1, -0.05) is 12.1 Å². The lowest BCUT2D eigenvalue weighted by molar-refractivity contribution is -0.0588. The third kappa shape index (κ3) is 3.12. The molecule has 0 bridgehead atoms. The standard InChI is InChI=1S/C20H21FN2O3/c1-13-10-22(11-14(2)26-13)20(24)18-9-19-17(6-7-25-19)23(18)12-15-4-3-5-16(21)8-15/h3-9,13-14H,10-12H2,1-2H3. The first-order valence-corrected chi connectivity index (χ1v) is 8.77. The van der Waals surface area contributed by atoms with E-state index in [0.717, 1.165) is 11.1 Å². The molecule has 1 amide bonds. The molecule has 1 aliphatic heterocycles. The van der Waals surface area contributed by atoms with Gasteiger partial charge in [0.25, 0.3) is 5.91 Å². The molecule has 0 aliphatic carbocycles. The molecule has 2 unspecified atom stereocenters. The van der Waals surface area contributed by atoms with Crippen LogP contribution in [0.5, 0.6) is 0 Å². The molecule has 0 radical (unpaired) electrons. The molecule has 1 saturated heterocycles. The van der Waals surface area contributed by atoms with Crippen LogP contribution >= 0.6 is 0 Å². The zero-order chi connectivity index (χ0) is 18.3. The largest absolute Gasteiger partial charge is 0.463 e. The van der Waals surface area contributed by atoms with Gasteiger partial charge >= 0.3 is 0 Å². The number of benzene rings is 1. The van der Waals surface area contributed by atoms with Crippen molar-refractivity contribution in [3.63, 3.8) is 0 Å². The van der Waals surface area contributed by atoms with Gasteiger partial charge in [0.1, 0.15) is 11.5 Å². The van der Waals surface area contributed by atoms with Gasteiger partial charge in [0.05, 0.1) is 24.0 Å². The molecule has 3 aromatic rings. The molecular weight excluding hydrogens is 335 g/mol. The highest BCUT2D eigenvalue weighted by Gasteiger charge is 2.29. The number of halogens is 1. The zero-order valence-corrected chi connectivity index (χ0v) is 14.8. The number of hydrogen-bond acceptors (Lipinski definition) is 3. The van der Waals surface area contributed by atoms with Gasteiger partial charge in [-0.2, -0.15) is 0 Å². The number of morpholine rings is 1. The maximum atomic E-state index is 13.6. The lowest BCUT2D eigenvalue weighted by Crippen LogP contribution is -2.48. The van der Waals surface area contributed by atoms with Crippen LogP contribution in [0.1, 0.15) is 29.9 Å². The molecule has 3 heterocycles. The van der Waals surface area contributed by atoms with Gasteiger partial charge in [0, 0.05) is 31.8 Å². The molecule has 5 nitrogen and oxygen atoms in total. The van der Waals surface area contributed by atoms with Crippen molar-refractivity contribution in [2.24, 2.45) is 0 Å². The molecule has 2 aromatic heterocycles. The minimum absolute atomic E-state index is 0.00248. The number of amides is 1. The summed E-state index contributed by atoms with van der Waals surface area (Å²) < 4.78 is 26.7. The number of hydrogen-bond donors (Lipinski definition) is 0. The van der Waals surface area contributed by atoms with E-state index in [-0.39, 0.29) is 23.9 Å². The van der Waals surface area contributed by atoms with E-state index in [9.17, 15) is 9.18 Å². The maximum absolute atomic E-state index is 13.6. The number of aromatic nitrogens is 1. The third-order valence-corrected chi connectivity index (χ3v) is 4.68. The van der Waals surface area contributed by atoms with Crippen molar-refractivity contribution in [2.45, 2.75) is 32.6 Å². The summed E-state index contributed by atoms with van der Waals surface area (Å²) in [6.07, 6.45) is 1.59. The number of rotatable bonds is 3. The second-order valence-corrected chi connectivity index (χ2v) is 6.88. The topological polar surface area (TPSA) is 47.6 Å². The minimum atomic E-state index is -0.290. The number of fused-ring (bicyclic) bond motifs is 1. The van der Waals surface area contributed by atoms with Gasteiger partial charge in [-0.25, -0.2) is 4.39 Å². The summed E-state index contributed by atoms with van der Waals surface area (Å²) in [6.45, 7) is 5.43. The highest BCUT2D eigenvalue weighted by atomic mass is 19.1. The lowest BCUT2D eigenvalue weighted by Gasteiger charge is -2.35. The maximum Gasteiger partial charge on any atom is 0.270 e. The van der Waals surface area contributed by atoms with Crippen LogP contribution in [0.15, 0.2) is 47.1 Å². The van der Waals surface area contributed by atoms with Crippen LogP contribution in [-0.2, 0) is 11.3 Å². The van der Waals surface area contributed by atoms with E-state index in [2.05, 4.69) is 0 Å². The van der Waals surface area contributed by atoms with E-state index in [1.54, 1.807) is 18.4 Å². The molecule has 0 spiro atoms. The Morgan fingerprint density at radius 2 is 1.96 bits per heavy atom. The van der Waals surface area contributed by atoms with E-state index < -0.39 is 0 Å². The second kappa shape index (κ2) is 6.61. The molecular formula is C20H21FN2O3. The van der Waals surface area contributed by atoms with E-state index in [0.29, 0.717) is 30.9 Å². The van der Waals surface area contributed by atoms with Crippen LogP contribution in [0.3, 0.4) is 0 Å². The van der Waals surface area contributed by atoms with Crippen molar-refractivity contribution in [2.75, 3.05) is 13.1 Å². The smallest absolute Gasteiger partial charge is 0.270 e. The van der Waals surface area contributed by atoms with Crippen LogP contribution in [0.2, 0.25) is 0 Å². The Balaban J connectivity index is 1.70. The Hall–Kier alpha value is -2.60. The lowest BCUT2D eigenvalue weighted by atomic mass is 10.2. The Labute approximate surface area is 150 Å². The number of carbonyl (C=O) groups excluding carboxylic acids is 1. The first-order chi connectivity index (χ1) is 12.5. The van der Waals surface area contributed by atoms with Gasteiger partial charge in [-0.05, 0) is 31.5 Å². The molecule has 136 valence electrons. The zero-order valence-electron chi connectivity index (χ0n) is 14.8. The number of furan rings is 1. The van der Waals surface area contributed by atoms with Crippen molar-refractivity contribution in [3.8, 4) is 0 Å². The number of nitrogens with zero attached hydrogens (tertiary/aromatic N) is 2. The van der Waals surface area contributed by atoms with Crippen LogP contribution in [0.4, 0.5) is 4.39 Å². The Bertz CT molecular complexity index is 936. The fourth-order valence-corrected chi connectivity index (χ4v) is 3.65. The average Bonchev–Trinajstić information content (AvgIpc) is 3.16. The number of ether oxygens (including phenoxy) is 1. The second-order valence-electron chi connectivity index (χ2n) is 6.88. The minimum Gasteiger partial charge on any atom is -0.463 e. The fraction of sp³-hybridized carbons (Fsp3) is 0.350. The van der Waals surface area contributed by atoms with Crippen LogP contribution in [0.25, 0.3) is 11.1 Å². The molecule has 0 N–H and O–H groups in total. The Kier molecular flexibility index (Phi) is 4.28. The normalized spacial score (nSPS) is 20.7. The Morgan fingerprint density at radius 3 is 2.69 bits per heavy atom. The van der Waals surface area contributed by atoms with E-state index in [1.807, 2.05) is 35.4 Å². The molecule has 1 fully saturated rings. The van der Waals surface area contributed by atoms with Crippen molar-refractivity contribution >= 4 is 17.0 Å². The van der Waals surface area contributed by atoms with Crippen LogP contribution < -0.4 is 0 Å². The van der Waals surface area contributed by atoms with E-state index >= 15 is 0 Å². The first kappa shape index (κ1) is 16.8. The molecule has 26 heavy (non-hydrogen) atoms. The van der Waals surface area contributed by atoms with Crippen LogP contribution in [-0.4, -0.2) is 40.7 Å². The van der Waals surface area contributed by atoms with Crippen molar-refractivity contribution in [1.82, 2.24) is 9.47 Å². The fourth-order valence-electron chi connectivity index (χ4n) is 3.65. The van der Waals surface area contributed by atoms with Gasteiger partial charge in [0.2, 0.25) is 0 Å².